The van der Waals surface area contributed by atoms with Crippen LogP contribution in [0.15, 0.2) is 59.8 Å². The molecule has 0 aliphatic rings. The van der Waals surface area contributed by atoms with Crippen molar-refractivity contribution in [1.29, 1.82) is 0 Å². The van der Waals surface area contributed by atoms with E-state index in [9.17, 15) is 4.79 Å². The highest BCUT2D eigenvalue weighted by Crippen LogP contribution is 2.12. The molecule has 0 bridgehead atoms. The van der Waals surface area contributed by atoms with Gasteiger partial charge in [-0.05, 0) is 52.9 Å². The molecule has 0 saturated carbocycles. The van der Waals surface area contributed by atoms with Crippen LogP contribution in [0.5, 0.6) is 5.75 Å². The normalized spacial score (nSPS) is 10.9. The second-order valence-corrected chi connectivity index (χ2v) is 5.76. The summed E-state index contributed by atoms with van der Waals surface area (Å²) in [5.41, 5.74) is 6.35. The summed E-state index contributed by atoms with van der Waals surface area (Å²) in [4.78, 5) is 16.6. The fourth-order valence-electron chi connectivity index (χ4n) is 1.64. The molecule has 120 valence electrons. The van der Waals surface area contributed by atoms with E-state index in [2.05, 4.69) is 33.1 Å². The van der Waals surface area contributed by atoms with E-state index in [0.717, 1.165) is 3.57 Å². The lowest BCUT2D eigenvalue weighted by atomic mass is 10.3. The molecule has 0 unspecified atom stereocenters. The van der Waals surface area contributed by atoms with Crippen molar-refractivity contribution in [3.05, 3.63) is 58.2 Å². The molecule has 2 aromatic carbocycles. The van der Waals surface area contributed by atoms with Crippen molar-refractivity contribution in [3.8, 4) is 5.75 Å². The Hall–Kier alpha value is -2.29. The molecule has 2 rings (SSSR count). The third kappa shape index (κ3) is 6.55. The van der Waals surface area contributed by atoms with Crippen molar-refractivity contribution in [2.24, 2.45) is 10.9 Å². The molecular formula is C16H16IN3O3. The van der Waals surface area contributed by atoms with Gasteiger partial charge in [-0.3, -0.25) is 4.79 Å². The minimum absolute atomic E-state index is 0.0858. The first-order valence-corrected chi connectivity index (χ1v) is 7.89. The predicted octanol–water partition coefficient (Wildman–Crippen LogP) is 2.60. The van der Waals surface area contributed by atoms with Crippen molar-refractivity contribution in [1.82, 2.24) is 0 Å². The van der Waals surface area contributed by atoms with Crippen LogP contribution in [0.3, 0.4) is 0 Å². The number of halogens is 1. The molecule has 6 nitrogen and oxygen atoms in total. The number of amides is 1. The van der Waals surface area contributed by atoms with Gasteiger partial charge in [0.25, 0.3) is 5.91 Å². The second-order valence-electron chi connectivity index (χ2n) is 4.52. The minimum Gasteiger partial charge on any atom is -0.486 e. The number of amidine groups is 1. The number of nitrogens with zero attached hydrogens (tertiary/aromatic N) is 1. The van der Waals surface area contributed by atoms with E-state index in [-0.39, 0.29) is 25.0 Å². The maximum atomic E-state index is 11.7. The summed E-state index contributed by atoms with van der Waals surface area (Å²) >= 11 is 2.17. The van der Waals surface area contributed by atoms with Crippen molar-refractivity contribution < 1.29 is 14.4 Å². The topological polar surface area (TPSA) is 85.9 Å². The SMILES string of the molecule is N/C(COc1ccccc1)=N\OCC(=O)Nc1cccc(I)c1. The van der Waals surface area contributed by atoms with Crippen molar-refractivity contribution in [2.75, 3.05) is 18.5 Å². The number of ether oxygens (including phenoxy) is 1. The molecule has 0 heterocycles. The Morgan fingerprint density at radius 3 is 2.65 bits per heavy atom. The maximum Gasteiger partial charge on any atom is 0.265 e. The van der Waals surface area contributed by atoms with E-state index in [4.69, 9.17) is 15.3 Å². The summed E-state index contributed by atoms with van der Waals surface area (Å²) in [6.45, 7) is -0.139. The van der Waals surface area contributed by atoms with E-state index in [1.807, 2.05) is 48.5 Å². The molecule has 0 aromatic heterocycles. The van der Waals surface area contributed by atoms with Gasteiger partial charge >= 0.3 is 0 Å². The van der Waals surface area contributed by atoms with Gasteiger partial charge < -0.3 is 20.6 Å². The van der Waals surface area contributed by atoms with E-state index < -0.39 is 0 Å². The zero-order chi connectivity index (χ0) is 16.5. The number of rotatable bonds is 7. The lowest BCUT2D eigenvalue weighted by molar-refractivity contribution is -0.120. The Kier molecular flexibility index (Phi) is 6.67. The average molecular weight is 425 g/mol. The van der Waals surface area contributed by atoms with Crippen LogP contribution >= 0.6 is 22.6 Å². The molecule has 0 radical (unpaired) electrons. The lowest BCUT2D eigenvalue weighted by Crippen LogP contribution is -2.23. The zero-order valence-corrected chi connectivity index (χ0v) is 14.4. The fourth-order valence-corrected chi connectivity index (χ4v) is 2.18. The van der Waals surface area contributed by atoms with Crippen LogP contribution in [0.2, 0.25) is 0 Å². The molecule has 2 aromatic rings. The molecule has 7 heteroatoms. The number of nitrogens with one attached hydrogen (secondary N) is 1. The van der Waals surface area contributed by atoms with Gasteiger partial charge in [-0.15, -0.1) is 0 Å². The average Bonchev–Trinajstić information content (AvgIpc) is 2.54. The Morgan fingerprint density at radius 2 is 1.91 bits per heavy atom. The largest absolute Gasteiger partial charge is 0.486 e. The van der Waals surface area contributed by atoms with Crippen LogP contribution in [-0.2, 0) is 9.63 Å². The third-order valence-corrected chi connectivity index (χ3v) is 3.29. The number of benzene rings is 2. The molecule has 0 aliphatic carbocycles. The number of carbonyl (C=O) groups excluding carboxylic acids is 1. The predicted molar refractivity (Wildman–Crippen MR) is 97.3 cm³/mol. The highest BCUT2D eigenvalue weighted by molar-refractivity contribution is 14.1. The first-order chi connectivity index (χ1) is 11.1. The van der Waals surface area contributed by atoms with Crippen LogP contribution in [-0.4, -0.2) is 25.0 Å². The molecule has 0 aliphatic heterocycles. The Bertz CT molecular complexity index is 677. The van der Waals surface area contributed by atoms with Crippen LogP contribution in [0.25, 0.3) is 0 Å². The first-order valence-electron chi connectivity index (χ1n) is 6.81. The van der Waals surface area contributed by atoms with Crippen LogP contribution < -0.4 is 15.8 Å². The number of hydrogen-bond acceptors (Lipinski definition) is 4. The standard InChI is InChI=1S/C16H16IN3O3/c17-12-5-4-6-13(9-12)19-16(21)11-23-20-15(18)10-22-14-7-2-1-3-8-14/h1-9H,10-11H2,(H2,18,20)(H,19,21). The number of hydrogen-bond donors (Lipinski definition) is 2. The molecule has 23 heavy (non-hydrogen) atoms. The molecule has 0 atom stereocenters. The highest BCUT2D eigenvalue weighted by Gasteiger charge is 2.03. The van der Waals surface area contributed by atoms with Gasteiger partial charge in [0.15, 0.2) is 12.4 Å². The van der Waals surface area contributed by atoms with Gasteiger partial charge in [0, 0.05) is 9.26 Å². The Labute approximate surface area is 147 Å². The smallest absolute Gasteiger partial charge is 0.265 e. The summed E-state index contributed by atoms with van der Waals surface area (Å²) in [7, 11) is 0. The minimum atomic E-state index is -0.312. The zero-order valence-electron chi connectivity index (χ0n) is 12.2. The van der Waals surface area contributed by atoms with E-state index in [0.29, 0.717) is 11.4 Å². The van der Waals surface area contributed by atoms with E-state index in [1.165, 1.54) is 0 Å². The third-order valence-electron chi connectivity index (χ3n) is 2.62. The number of oxime groups is 1. The summed E-state index contributed by atoms with van der Waals surface area (Å²) in [6, 6.07) is 16.7. The lowest BCUT2D eigenvalue weighted by Gasteiger charge is -2.06. The van der Waals surface area contributed by atoms with Crippen molar-refractivity contribution in [2.45, 2.75) is 0 Å². The maximum absolute atomic E-state index is 11.7. The van der Waals surface area contributed by atoms with Gasteiger partial charge in [-0.2, -0.15) is 0 Å². The molecule has 0 saturated heterocycles. The number of carbonyl (C=O) groups is 1. The van der Waals surface area contributed by atoms with Crippen LogP contribution in [0, 0.1) is 3.57 Å². The molecule has 3 N–H and O–H groups in total. The van der Waals surface area contributed by atoms with E-state index in [1.54, 1.807) is 6.07 Å². The number of nitrogens with two attached hydrogens (primary N) is 1. The van der Waals surface area contributed by atoms with E-state index >= 15 is 0 Å². The Balaban J connectivity index is 1.71. The van der Waals surface area contributed by atoms with Crippen LogP contribution in [0.1, 0.15) is 0 Å². The number of anilines is 1. The monoisotopic (exact) mass is 425 g/mol. The summed E-state index contributed by atoms with van der Waals surface area (Å²) in [5.74, 6) is 0.519. The van der Waals surface area contributed by atoms with Gasteiger partial charge in [-0.25, -0.2) is 0 Å². The number of para-hydroxylation sites is 1. The van der Waals surface area contributed by atoms with Crippen molar-refractivity contribution in [3.63, 3.8) is 0 Å². The Morgan fingerprint density at radius 1 is 1.13 bits per heavy atom. The fraction of sp³-hybridized carbons (Fsp3) is 0.125. The van der Waals surface area contributed by atoms with Crippen molar-refractivity contribution >= 4 is 40.0 Å². The van der Waals surface area contributed by atoms with Gasteiger partial charge in [0.2, 0.25) is 0 Å². The molecule has 0 spiro atoms. The van der Waals surface area contributed by atoms with Crippen LogP contribution in [0.4, 0.5) is 5.69 Å². The van der Waals surface area contributed by atoms with Gasteiger partial charge in [-0.1, -0.05) is 29.4 Å². The summed E-state index contributed by atoms with van der Waals surface area (Å²) < 4.78 is 6.43. The van der Waals surface area contributed by atoms with Gasteiger partial charge in [0.1, 0.15) is 12.4 Å². The highest BCUT2D eigenvalue weighted by atomic mass is 127. The molecular weight excluding hydrogens is 409 g/mol. The molecule has 1 amide bonds. The molecule has 0 fully saturated rings. The quantitative estimate of drug-likeness (QED) is 0.309. The second kappa shape index (κ2) is 8.99. The first kappa shape index (κ1) is 17.1. The van der Waals surface area contributed by atoms with Gasteiger partial charge in [0.05, 0.1) is 0 Å². The summed E-state index contributed by atoms with van der Waals surface area (Å²) in [5, 5.41) is 6.35. The summed E-state index contributed by atoms with van der Waals surface area (Å²) in [6.07, 6.45) is 0.